The lowest BCUT2D eigenvalue weighted by molar-refractivity contribution is -0.124. The van der Waals surface area contributed by atoms with Gasteiger partial charge in [-0.15, -0.1) is 0 Å². The standard InChI is InChI=1S/C14H22N2O2/c1-12(8-9-15)14(17)16-10-5-11-18-13-6-3-2-4-7-13/h2-4,6-7,12H,5,8-11,15H2,1H3,(H,16,17). The number of hydrogen-bond donors (Lipinski definition) is 2. The van der Waals surface area contributed by atoms with Crippen LogP contribution in [-0.2, 0) is 4.79 Å². The number of carbonyl (C=O) groups excluding carboxylic acids is 1. The van der Waals surface area contributed by atoms with Crippen LogP contribution < -0.4 is 15.8 Å². The maximum atomic E-state index is 11.6. The van der Waals surface area contributed by atoms with Crippen LogP contribution >= 0.6 is 0 Å². The Morgan fingerprint density at radius 3 is 2.78 bits per heavy atom. The van der Waals surface area contributed by atoms with Gasteiger partial charge in [0.2, 0.25) is 5.91 Å². The second-order valence-electron chi connectivity index (χ2n) is 4.28. The predicted octanol–water partition coefficient (Wildman–Crippen LogP) is 1.56. The number of amides is 1. The van der Waals surface area contributed by atoms with Gasteiger partial charge in [0.1, 0.15) is 5.75 Å². The first-order valence-corrected chi connectivity index (χ1v) is 6.39. The molecule has 0 saturated heterocycles. The summed E-state index contributed by atoms with van der Waals surface area (Å²) in [6.45, 7) is 3.69. The van der Waals surface area contributed by atoms with Gasteiger partial charge < -0.3 is 15.8 Å². The Balaban J connectivity index is 2.07. The third kappa shape index (κ3) is 5.68. The summed E-state index contributed by atoms with van der Waals surface area (Å²) >= 11 is 0. The van der Waals surface area contributed by atoms with E-state index in [1.165, 1.54) is 0 Å². The van der Waals surface area contributed by atoms with Crippen LogP contribution in [0, 0.1) is 5.92 Å². The van der Waals surface area contributed by atoms with Crippen molar-refractivity contribution in [3.63, 3.8) is 0 Å². The van der Waals surface area contributed by atoms with E-state index >= 15 is 0 Å². The molecule has 0 spiro atoms. The molecular formula is C14H22N2O2. The molecule has 1 unspecified atom stereocenters. The van der Waals surface area contributed by atoms with E-state index in [-0.39, 0.29) is 11.8 Å². The minimum Gasteiger partial charge on any atom is -0.494 e. The Morgan fingerprint density at radius 2 is 2.11 bits per heavy atom. The van der Waals surface area contributed by atoms with Gasteiger partial charge in [0.05, 0.1) is 6.61 Å². The molecule has 1 rings (SSSR count). The van der Waals surface area contributed by atoms with Gasteiger partial charge in [-0.25, -0.2) is 0 Å². The minimum absolute atomic E-state index is 0.00922. The van der Waals surface area contributed by atoms with Crippen LogP contribution in [0.3, 0.4) is 0 Å². The molecule has 0 saturated carbocycles. The lowest BCUT2D eigenvalue weighted by atomic mass is 10.1. The molecule has 1 aromatic rings. The van der Waals surface area contributed by atoms with Crippen molar-refractivity contribution < 1.29 is 9.53 Å². The van der Waals surface area contributed by atoms with E-state index in [9.17, 15) is 4.79 Å². The van der Waals surface area contributed by atoms with Crippen molar-refractivity contribution in [3.8, 4) is 5.75 Å². The number of benzene rings is 1. The zero-order valence-corrected chi connectivity index (χ0v) is 10.9. The summed E-state index contributed by atoms with van der Waals surface area (Å²) in [7, 11) is 0. The van der Waals surface area contributed by atoms with E-state index in [1.54, 1.807) is 0 Å². The van der Waals surface area contributed by atoms with Gasteiger partial charge in [-0.1, -0.05) is 25.1 Å². The first-order valence-electron chi connectivity index (χ1n) is 6.39. The lowest BCUT2D eigenvalue weighted by Crippen LogP contribution is -2.31. The first kappa shape index (κ1) is 14.5. The summed E-state index contributed by atoms with van der Waals surface area (Å²) in [5.74, 6) is 0.922. The van der Waals surface area contributed by atoms with E-state index in [1.807, 2.05) is 37.3 Å². The van der Waals surface area contributed by atoms with Crippen LogP contribution in [0.15, 0.2) is 30.3 Å². The van der Waals surface area contributed by atoms with Gasteiger partial charge >= 0.3 is 0 Å². The first-order chi connectivity index (χ1) is 8.74. The molecule has 4 heteroatoms. The summed E-state index contributed by atoms with van der Waals surface area (Å²) < 4.78 is 5.52. The van der Waals surface area contributed by atoms with Gasteiger partial charge in [0, 0.05) is 12.5 Å². The predicted molar refractivity (Wildman–Crippen MR) is 72.4 cm³/mol. The minimum atomic E-state index is -0.00922. The van der Waals surface area contributed by atoms with Crippen molar-refractivity contribution in [2.75, 3.05) is 19.7 Å². The fraction of sp³-hybridized carbons (Fsp3) is 0.500. The highest BCUT2D eigenvalue weighted by Crippen LogP contribution is 2.08. The molecule has 1 atom stereocenters. The average Bonchev–Trinajstić information content (AvgIpc) is 2.39. The topological polar surface area (TPSA) is 64.4 Å². The fourth-order valence-corrected chi connectivity index (χ4v) is 1.55. The molecule has 0 radical (unpaired) electrons. The zero-order valence-electron chi connectivity index (χ0n) is 10.9. The van der Waals surface area contributed by atoms with Crippen LogP contribution in [0.25, 0.3) is 0 Å². The molecule has 1 amide bonds. The third-order valence-electron chi connectivity index (χ3n) is 2.68. The van der Waals surface area contributed by atoms with Gasteiger partial charge in [0.15, 0.2) is 0 Å². The summed E-state index contributed by atoms with van der Waals surface area (Å²) in [5.41, 5.74) is 5.41. The van der Waals surface area contributed by atoms with Crippen LogP contribution in [-0.4, -0.2) is 25.6 Å². The maximum Gasteiger partial charge on any atom is 0.222 e. The molecule has 18 heavy (non-hydrogen) atoms. The van der Waals surface area contributed by atoms with Gasteiger partial charge in [-0.3, -0.25) is 4.79 Å². The molecule has 0 aromatic heterocycles. The van der Waals surface area contributed by atoms with Gasteiger partial charge in [0.25, 0.3) is 0 Å². The number of rotatable bonds is 8. The van der Waals surface area contributed by atoms with Gasteiger partial charge in [-0.05, 0) is 31.5 Å². The van der Waals surface area contributed by atoms with Crippen molar-refractivity contribution in [2.45, 2.75) is 19.8 Å². The van der Waals surface area contributed by atoms with Crippen molar-refractivity contribution in [1.29, 1.82) is 0 Å². The molecule has 0 fully saturated rings. The summed E-state index contributed by atoms with van der Waals surface area (Å²) in [6.07, 6.45) is 1.53. The summed E-state index contributed by atoms with van der Waals surface area (Å²) in [5, 5.41) is 2.88. The van der Waals surface area contributed by atoms with E-state index in [2.05, 4.69) is 5.32 Å². The molecule has 1 aromatic carbocycles. The van der Waals surface area contributed by atoms with E-state index in [0.29, 0.717) is 19.7 Å². The van der Waals surface area contributed by atoms with E-state index in [4.69, 9.17) is 10.5 Å². The second-order valence-corrected chi connectivity index (χ2v) is 4.28. The second kappa shape index (κ2) is 8.53. The normalized spacial score (nSPS) is 11.9. The van der Waals surface area contributed by atoms with Gasteiger partial charge in [-0.2, -0.15) is 0 Å². The zero-order chi connectivity index (χ0) is 13.2. The maximum absolute atomic E-state index is 11.6. The molecule has 0 bridgehead atoms. The highest BCUT2D eigenvalue weighted by Gasteiger charge is 2.10. The highest BCUT2D eigenvalue weighted by molar-refractivity contribution is 5.78. The number of hydrogen-bond acceptors (Lipinski definition) is 3. The molecule has 0 aliphatic rings. The van der Waals surface area contributed by atoms with Crippen LogP contribution in [0.4, 0.5) is 0 Å². The number of para-hydroxylation sites is 1. The van der Waals surface area contributed by atoms with Crippen LogP contribution in [0.1, 0.15) is 19.8 Å². The van der Waals surface area contributed by atoms with Crippen LogP contribution in [0.5, 0.6) is 5.75 Å². The van der Waals surface area contributed by atoms with E-state index in [0.717, 1.165) is 18.6 Å². The molecule has 3 N–H and O–H groups in total. The highest BCUT2D eigenvalue weighted by atomic mass is 16.5. The summed E-state index contributed by atoms with van der Waals surface area (Å²) in [4.78, 5) is 11.6. The monoisotopic (exact) mass is 250 g/mol. The fourth-order valence-electron chi connectivity index (χ4n) is 1.55. The Bertz CT molecular complexity index is 341. The largest absolute Gasteiger partial charge is 0.494 e. The van der Waals surface area contributed by atoms with Crippen molar-refractivity contribution in [1.82, 2.24) is 5.32 Å². The molecule has 0 heterocycles. The molecule has 4 nitrogen and oxygen atoms in total. The quantitative estimate of drug-likeness (QED) is 0.688. The smallest absolute Gasteiger partial charge is 0.222 e. The Labute approximate surface area is 109 Å². The lowest BCUT2D eigenvalue weighted by Gasteiger charge is -2.11. The molecular weight excluding hydrogens is 228 g/mol. The Hall–Kier alpha value is -1.55. The van der Waals surface area contributed by atoms with Crippen LogP contribution in [0.2, 0.25) is 0 Å². The number of carbonyl (C=O) groups is 1. The number of nitrogens with two attached hydrogens (primary N) is 1. The SMILES string of the molecule is CC(CCN)C(=O)NCCCOc1ccccc1. The number of ether oxygens (including phenoxy) is 1. The molecule has 0 aliphatic heterocycles. The number of nitrogens with one attached hydrogen (secondary N) is 1. The van der Waals surface area contributed by atoms with E-state index < -0.39 is 0 Å². The summed E-state index contributed by atoms with van der Waals surface area (Å²) in [6, 6.07) is 9.66. The Morgan fingerprint density at radius 1 is 1.39 bits per heavy atom. The Kier molecular flexibility index (Phi) is 6.87. The third-order valence-corrected chi connectivity index (χ3v) is 2.68. The van der Waals surface area contributed by atoms with Crippen molar-refractivity contribution in [3.05, 3.63) is 30.3 Å². The van der Waals surface area contributed by atoms with Crippen molar-refractivity contribution in [2.24, 2.45) is 11.7 Å². The van der Waals surface area contributed by atoms with Crippen molar-refractivity contribution >= 4 is 5.91 Å². The molecule has 100 valence electrons. The molecule has 0 aliphatic carbocycles. The average molecular weight is 250 g/mol.